The van der Waals surface area contributed by atoms with Gasteiger partial charge in [-0.25, -0.2) is 0 Å². The zero-order valence-electron chi connectivity index (χ0n) is 17.8. The molecule has 2 bridgehead atoms. The fourth-order valence-corrected chi connectivity index (χ4v) is 5.39. The van der Waals surface area contributed by atoms with Crippen molar-refractivity contribution >= 4 is 11.8 Å². The Bertz CT molecular complexity index is 760. The predicted octanol–water partition coefficient (Wildman–Crippen LogP) is 0.393. The summed E-state index contributed by atoms with van der Waals surface area (Å²) in [5.74, 6) is 0.408. The zero-order valence-corrected chi connectivity index (χ0v) is 17.8. The molecule has 1 aromatic heterocycles. The molecular weight excluding hydrogens is 384 g/mol. The number of nitrogens with zero attached hydrogens (tertiary/aromatic N) is 4. The van der Waals surface area contributed by atoms with Gasteiger partial charge in [0.2, 0.25) is 11.8 Å². The Morgan fingerprint density at radius 2 is 2.00 bits per heavy atom. The standard InChI is InChI=1S/C21H34N6O3/c1-15(28)22-8-9-23-20(29)18-13-26-10-5-16(18)11-17(26)12-27-14-19(24-25-27)21(30)6-3-2-4-7-21/h14,16-18,30H,2-13H2,1H3,(H,22,28)(H,23,29)/t16?,17-,18+/m1/s1. The van der Waals surface area contributed by atoms with E-state index in [0.29, 0.717) is 30.7 Å². The van der Waals surface area contributed by atoms with Gasteiger partial charge >= 0.3 is 0 Å². The molecule has 2 amide bonds. The Hall–Kier alpha value is -2.00. The summed E-state index contributed by atoms with van der Waals surface area (Å²) >= 11 is 0. The van der Waals surface area contributed by atoms with Crippen LogP contribution in [0, 0.1) is 11.8 Å². The van der Waals surface area contributed by atoms with E-state index in [4.69, 9.17) is 0 Å². The van der Waals surface area contributed by atoms with Gasteiger partial charge in [0.25, 0.3) is 0 Å². The van der Waals surface area contributed by atoms with Gasteiger partial charge in [0, 0.05) is 32.6 Å². The van der Waals surface area contributed by atoms with E-state index >= 15 is 0 Å². The van der Waals surface area contributed by atoms with Crippen LogP contribution in [0.2, 0.25) is 0 Å². The third-order valence-electron chi connectivity index (χ3n) is 7.11. The summed E-state index contributed by atoms with van der Waals surface area (Å²) in [7, 11) is 0. The van der Waals surface area contributed by atoms with Crippen molar-refractivity contribution in [2.24, 2.45) is 11.8 Å². The van der Waals surface area contributed by atoms with Crippen molar-refractivity contribution in [3.8, 4) is 0 Å². The number of aliphatic hydroxyl groups is 1. The van der Waals surface area contributed by atoms with Crippen LogP contribution < -0.4 is 10.6 Å². The molecule has 0 aromatic carbocycles. The van der Waals surface area contributed by atoms with Gasteiger partial charge in [-0.3, -0.25) is 19.2 Å². The Balaban J connectivity index is 1.30. The molecule has 9 nitrogen and oxygen atoms in total. The monoisotopic (exact) mass is 418 g/mol. The fourth-order valence-electron chi connectivity index (χ4n) is 5.39. The highest BCUT2D eigenvalue weighted by Crippen LogP contribution is 2.38. The van der Waals surface area contributed by atoms with Gasteiger partial charge in [0.1, 0.15) is 11.3 Å². The van der Waals surface area contributed by atoms with Gasteiger partial charge < -0.3 is 15.7 Å². The number of hydrogen-bond donors (Lipinski definition) is 3. The van der Waals surface area contributed by atoms with Gasteiger partial charge in [-0.2, -0.15) is 0 Å². The minimum absolute atomic E-state index is 0.0154. The third kappa shape index (κ3) is 4.67. The van der Waals surface area contributed by atoms with E-state index < -0.39 is 5.60 Å². The summed E-state index contributed by atoms with van der Waals surface area (Å²) in [4.78, 5) is 25.9. The Kier molecular flexibility index (Phi) is 6.38. The lowest BCUT2D eigenvalue weighted by molar-refractivity contribution is -0.133. The molecule has 3 aliphatic heterocycles. The highest BCUT2D eigenvalue weighted by Gasteiger charge is 2.43. The number of rotatable bonds is 7. The maximum Gasteiger partial charge on any atom is 0.224 e. The molecule has 9 heteroatoms. The Morgan fingerprint density at radius 3 is 2.70 bits per heavy atom. The van der Waals surface area contributed by atoms with Crippen LogP contribution in [0.25, 0.3) is 0 Å². The normalized spacial score (nSPS) is 30.1. The van der Waals surface area contributed by atoms with Crippen molar-refractivity contribution in [1.82, 2.24) is 30.5 Å². The largest absolute Gasteiger partial charge is 0.383 e. The van der Waals surface area contributed by atoms with Crippen LogP contribution in [0.3, 0.4) is 0 Å². The zero-order chi connectivity index (χ0) is 21.1. The maximum absolute atomic E-state index is 12.6. The van der Waals surface area contributed by atoms with E-state index in [1.807, 2.05) is 10.9 Å². The van der Waals surface area contributed by atoms with Gasteiger partial charge in [-0.1, -0.05) is 24.5 Å². The molecule has 0 spiro atoms. The van der Waals surface area contributed by atoms with Gasteiger partial charge in [0.15, 0.2) is 0 Å². The van der Waals surface area contributed by atoms with Crippen LogP contribution in [-0.4, -0.2) is 69.0 Å². The minimum Gasteiger partial charge on any atom is -0.383 e. The molecule has 3 saturated heterocycles. The molecule has 1 aromatic rings. The average molecular weight is 419 g/mol. The number of nitrogens with one attached hydrogen (secondary N) is 2. The first-order chi connectivity index (χ1) is 14.4. The molecule has 4 aliphatic rings. The summed E-state index contributed by atoms with van der Waals surface area (Å²) in [6.45, 7) is 4.93. The van der Waals surface area contributed by atoms with Crippen LogP contribution in [0.4, 0.5) is 0 Å². The van der Waals surface area contributed by atoms with Gasteiger partial charge in [-0.05, 0) is 38.1 Å². The van der Waals surface area contributed by atoms with Crippen LogP contribution in [0.15, 0.2) is 6.20 Å². The fraction of sp³-hybridized carbons (Fsp3) is 0.810. The highest BCUT2D eigenvalue weighted by molar-refractivity contribution is 5.79. The van der Waals surface area contributed by atoms with E-state index in [2.05, 4.69) is 25.8 Å². The van der Waals surface area contributed by atoms with E-state index in [1.54, 1.807) is 0 Å². The molecule has 1 saturated carbocycles. The van der Waals surface area contributed by atoms with Crippen molar-refractivity contribution in [2.45, 2.75) is 70.1 Å². The Morgan fingerprint density at radius 1 is 1.23 bits per heavy atom. The quantitative estimate of drug-likeness (QED) is 0.553. The molecule has 3 N–H and O–H groups in total. The molecule has 4 fully saturated rings. The van der Waals surface area contributed by atoms with E-state index in [0.717, 1.165) is 58.2 Å². The smallest absolute Gasteiger partial charge is 0.224 e. The van der Waals surface area contributed by atoms with Crippen LogP contribution >= 0.6 is 0 Å². The first-order valence-electron chi connectivity index (χ1n) is 11.3. The summed E-state index contributed by atoms with van der Waals surface area (Å²) in [5.41, 5.74) is -0.113. The van der Waals surface area contributed by atoms with Crippen molar-refractivity contribution in [1.29, 1.82) is 0 Å². The summed E-state index contributed by atoms with van der Waals surface area (Å²) in [5, 5.41) is 25.1. The second kappa shape index (κ2) is 9.01. The minimum atomic E-state index is -0.817. The van der Waals surface area contributed by atoms with Crippen molar-refractivity contribution in [3.05, 3.63) is 11.9 Å². The first-order valence-corrected chi connectivity index (χ1v) is 11.3. The molecule has 30 heavy (non-hydrogen) atoms. The molecule has 1 aliphatic carbocycles. The molecular formula is C21H34N6O3. The third-order valence-corrected chi connectivity index (χ3v) is 7.11. The summed E-state index contributed by atoms with van der Waals surface area (Å²) in [6, 6.07) is 0.350. The topological polar surface area (TPSA) is 112 Å². The molecule has 4 atom stereocenters. The van der Waals surface area contributed by atoms with Gasteiger partial charge in [0.05, 0.1) is 18.7 Å². The molecule has 0 radical (unpaired) electrons. The van der Waals surface area contributed by atoms with Crippen molar-refractivity contribution in [3.63, 3.8) is 0 Å². The van der Waals surface area contributed by atoms with E-state index in [9.17, 15) is 14.7 Å². The maximum atomic E-state index is 12.6. The van der Waals surface area contributed by atoms with Crippen LogP contribution in [0.1, 0.15) is 57.6 Å². The number of carbonyl (C=O) groups excluding carboxylic acids is 2. The summed E-state index contributed by atoms with van der Waals surface area (Å²) < 4.78 is 1.87. The number of aromatic nitrogens is 3. The number of amides is 2. The Labute approximate surface area is 177 Å². The molecule has 4 heterocycles. The molecule has 5 rings (SSSR count). The second-order valence-corrected chi connectivity index (χ2v) is 9.23. The van der Waals surface area contributed by atoms with E-state index in [-0.39, 0.29) is 17.7 Å². The molecule has 166 valence electrons. The van der Waals surface area contributed by atoms with Crippen molar-refractivity contribution in [2.75, 3.05) is 26.2 Å². The lowest BCUT2D eigenvalue weighted by Crippen LogP contribution is -2.58. The lowest BCUT2D eigenvalue weighted by Gasteiger charge is -2.49. The van der Waals surface area contributed by atoms with Crippen molar-refractivity contribution < 1.29 is 14.7 Å². The summed E-state index contributed by atoms with van der Waals surface area (Å²) in [6.07, 6.45) is 8.72. The van der Waals surface area contributed by atoms with Gasteiger partial charge in [-0.15, -0.1) is 5.10 Å². The van der Waals surface area contributed by atoms with Crippen LogP contribution in [0.5, 0.6) is 0 Å². The number of hydrogen-bond acceptors (Lipinski definition) is 6. The lowest BCUT2D eigenvalue weighted by atomic mass is 9.75. The predicted molar refractivity (Wildman–Crippen MR) is 110 cm³/mol. The highest BCUT2D eigenvalue weighted by atomic mass is 16.3. The first kappa shape index (κ1) is 21.2. The molecule has 2 unspecified atom stereocenters. The average Bonchev–Trinajstić information content (AvgIpc) is 3.21. The SMILES string of the molecule is CC(=O)NCCNC(=O)[C@H]1CN2CCC1C[C@@H]2Cn1cc(C2(O)CCCCC2)nn1. The van der Waals surface area contributed by atoms with E-state index in [1.165, 1.54) is 13.3 Å². The second-order valence-electron chi connectivity index (χ2n) is 9.23. The van der Waals surface area contributed by atoms with Crippen LogP contribution in [-0.2, 0) is 21.7 Å². The number of piperidine rings is 3. The number of fused-ring (bicyclic) bond motifs is 3. The number of carbonyl (C=O) groups is 2.